The van der Waals surface area contributed by atoms with Crippen LogP contribution in [0.1, 0.15) is 5.69 Å². The Morgan fingerprint density at radius 1 is 1.70 bits per heavy atom. The zero-order valence-corrected chi connectivity index (χ0v) is 6.31. The average Bonchev–Trinajstić information content (AvgIpc) is 1.88. The van der Waals surface area contributed by atoms with Gasteiger partial charge in [0.2, 0.25) is 0 Å². The molecule has 54 valence electrons. The minimum absolute atomic E-state index is 0.593. The zero-order valence-electron chi connectivity index (χ0n) is 5.56. The highest BCUT2D eigenvalue weighted by Gasteiger charge is 2.00. The van der Waals surface area contributed by atoms with Crippen LogP contribution < -0.4 is 11.3 Å². The number of aryl methyl sites for hydroxylation is 1. The van der Waals surface area contributed by atoms with E-state index in [9.17, 15) is 0 Å². The Labute approximate surface area is 64.2 Å². The van der Waals surface area contributed by atoms with E-state index in [1.165, 1.54) is 0 Å². The van der Waals surface area contributed by atoms with Gasteiger partial charge in [0.25, 0.3) is 0 Å². The molecule has 0 aromatic carbocycles. The SMILES string of the molecule is Cc1nccc(Cl)c1NN. The molecule has 0 amide bonds. The molecule has 0 aliphatic heterocycles. The molecule has 3 N–H and O–H groups in total. The van der Waals surface area contributed by atoms with Gasteiger partial charge in [-0.1, -0.05) is 11.6 Å². The van der Waals surface area contributed by atoms with Gasteiger partial charge >= 0.3 is 0 Å². The lowest BCUT2D eigenvalue weighted by atomic mass is 10.3. The number of halogens is 1. The van der Waals surface area contributed by atoms with Crippen molar-refractivity contribution in [1.29, 1.82) is 0 Å². The summed E-state index contributed by atoms with van der Waals surface area (Å²) in [6.07, 6.45) is 1.64. The summed E-state index contributed by atoms with van der Waals surface area (Å²) in [6.45, 7) is 1.83. The van der Waals surface area contributed by atoms with Crippen molar-refractivity contribution in [1.82, 2.24) is 4.98 Å². The Balaban J connectivity index is 3.17. The molecule has 10 heavy (non-hydrogen) atoms. The maximum Gasteiger partial charge on any atom is 0.0887 e. The Morgan fingerprint density at radius 3 is 2.80 bits per heavy atom. The van der Waals surface area contributed by atoms with E-state index in [4.69, 9.17) is 17.4 Å². The van der Waals surface area contributed by atoms with Crippen LogP contribution >= 0.6 is 11.6 Å². The molecule has 0 fully saturated rings. The van der Waals surface area contributed by atoms with Crippen molar-refractivity contribution in [3.63, 3.8) is 0 Å². The molecular weight excluding hydrogens is 150 g/mol. The molecule has 0 radical (unpaired) electrons. The maximum atomic E-state index is 5.75. The van der Waals surface area contributed by atoms with Crippen LogP contribution in [0, 0.1) is 6.92 Å². The summed E-state index contributed by atoms with van der Waals surface area (Å²) >= 11 is 5.75. The molecule has 0 saturated carbocycles. The molecule has 0 saturated heterocycles. The van der Waals surface area contributed by atoms with Gasteiger partial charge in [-0.15, -0.1) is 0 Å². The predicted octanol–water partition coefficient (Wildman–Crippen LogP) is 1.33. The van der Waals surface area contributed by atoms with Crippen LogP contribution in [0.15, 0.2) is 12.3 Å². The topological polar surface area (TPSA) is 50.9 Å². The number of nitrogen functional groups attached to an aromatic ring is 1. The van der Waals surface area contributed by atoms with Crippen molar-refractivity contribution >= 4 is 17.3 Å². The molecule has 3 nitrogen and oxygen atoms in total. The Morgan fingerprint density at radius 2 is 2.40 bits per heavy atom. The Bertz CT molecular complexity index is 216. The van der Waals surface area contributed by atoms with E-state index in [0.717, 1.165) is 5.69 Å². The minimum atomic E-state index is 0.593. The fraction of sp³-hybridized carbons (Fsp3) is 0.167. The standard InChI is InChI=1S/C6H8ClN3/c1-4-6(10-8)5(7)2-3-9-4/h2-3,10H,8H2,1H3. The first-order valence-electron chi connectivity index (χ1n) is 2.83. The molecule has 0 atom stereocenters. The van der Waals surface area contributed by atoms with Crippen molar-refractivity contribution in [3.05, 3.63) is 23.0 Å². The first kappa shape index (κ1) is 7.31. The van der Waals surface area contributed by atoms with Crippen LogP contribution in [0.25, 0.3) is 0 Å². The van der Waals surface area contributed by atoms with Crippen LogP contribution in [0.4, 0.5) is 5.69 Å². The van der Waals surface area contributed by atoms with Crippen molar-refractivity contribution in [2.24, 2.45) is 5.84 Å². The second kappa shape index (κ2) is 2.86. The number of hydrogen-bond donors (Lipinski definition) is 2. The zero-order chi connectivity index (χ0) is 7.56. The number of anilines is 1. The van der Waals surface area contributed by atoms with Crippen LogP contribution in [-0.4, -0.2) is 4.98 Å². The van der Waals surface area contributed by atoms with E-state index in [0.29, 0.717) is 10.7 Å². The van der Waals surface area contributed by atoms with E-state index in [-0.39, 0.29) is 0 Å². The summed E-state index contributed by atoms with van der Waals surface area (Å²) in [6, 6.07) is 1.68. The molecule has 0 aliphatic carbocycles. The first-order valence-corrected chi connectivity index (χ1v) is 3.21. The number of nitrogens with zero attached hydrogens (tertiary/aromatic N) is 1. The lowest BCUT2D eigenvalue weighted by Gasteiger charge is -2.03. The summed E-state index contributed by atoms with van der Waals surface area (Å²) < 4.78 is 0. The molecule has 0 aliphatic rings. The normalized spacial score (nSPS) is 9.50. The lowest BCUT2D eigenvalue weighted by Crippen LogP contribution is -2.09. The number of hydrazine groups is 1. The van der Waals surface area contributed by atoms with Crippen LogP contribution in [0.3, 0.4) is 0 Å². The number of hydrogen-bond acceptors (Lipinski definition) is 3. The van der Waals surface area contributed by atoms with Gasteiger partial charge in [-0.25, -0.2) is 0 Å². The summed E-state index contributed by atoms with van der Waals surface area (Å²) in [5.74, 6) is 5.18. The fourth-order valence-corrected chi connectivity index (χ4v) is 0.956. The molecule has 1 heterocycles. The summed E-state index contributed by atoms with van der Waals surface area (Å²) in [7, 11) is 0. The largest absolute Gasteiger partial charge is 0.321 e. The summed E-state index contributed by atoms with van der Waals surface area (Å²) in [4.78, 5) is 3.98. The van der Waals surface area contributed by atoms with Gasteiger partial charge in [0.1, 0.15) is 0 Å². The van der Waals surface area contributed by atoms with Gasteiger partial charge in [0, 0.05) is 6.20 Å². The molecule has 0 spiro atoms. The number of rotatable bonds is 1. The van der Waals surface area contributed by atoms with Crippen molar-refractivity contribution < 1.29 is 0 Å². The minimum Gasteiger partial charge on any atom is -0.321 e. The van der Waals surface area contributed by atoms with E-state index in [1.807, 2.05) is 6.92 Å². The van der Waals surface area contributed by atoms with E-state index in [1.54, 1.807) is 12.3 Å². The van der Waals surface area contributed by atoms with E-state index < -0.39 is 0 Å². The van der Waals surface area contributed by atoms with Crippen LogP contribution in [0.5, 0.6) is 0 Å². The van der Waals surface area contributed by atoms with Crippen molar-refractivity contribution in [2.45, 2.75) is 6.92 Å². The van der Waals surface area contributed by atoms with E-state index >= 15 is 0 Å². The highest BCUT2D eigenvalue weighted by molar-refractivity contribution is 6.33. The monoisotopic (exact) mass is 157 g/mol. The fourth-order valence-electron chi connectivity index (χ4n) is 0.709. The van der Waals surface area contributed by atoms with Gasteiger partial charge in [-0.2, -0.15) is 0 Å². The van der Waals surface area contributed by atoms with Gasteiger partial charge in [-0.05, 0) is 13.0 Å². The third-order valence-electron chi connectivity index (χ3n) is 1.23. The molecule has 4 heteroatoms. The molecule has 0 bridgehead atoms. The molecule has 1 rings (SSSR count). The second-order valence-electron chi connectivity index (χ2n) is 1.90. The van der Waals surface area contributed by atoms with E-state index in [2.05, 4.69) is 10.4 Å². The van der Waals surface area contributed by atoms with Crippen molar-refractivity contribution in [2.75, 3.05) is 5.43 Å². The number of nitrogens with one attached hydrogen (secondary N) is 1. The van der Waals surface area contributed by atoms with Crippen molar-refractivity contribution in [3.8, 4) is 0 Å². The summed E-state index contributed by atoms with van der Waals surface area (Å²) in [5.41, 5.74) is 3.95. The number of aromatic nitrogens is 1. The highest BCUT2D eigenvalue weighted by Crippen LogP contribution is 2.21. The van der Waals surface area contributed by atoms with Crippen LogP contribution in [-0.2, 0) is 0 Å². The third kappa shape index (κ3) is 1.20. The molecular formula is C6H8ClN3. The summed E-state index contributed by atoms with van der Waals surface area (Å²) in [5, 5.41) is 0.593. The van der Waals surface area contributed by atoms with Gasteiger partial charge in [0.15, 0.2) is 0 Å². The quantitative estimate of drug-likeness (QED) is 0.478. The van der Waals surface area contributed by atoms with Gasteiger partial charge in [0.05, 0.1) is 16.4 Å². The lowest BCUT2D eigenvalue weighted by molar-refractivity contribution is 1.17. The van der Waals surface area contributed by atoms with Crippen LogP contribution in [0.2, 0.25) is 5.02 Å². The second-order valence-corrected chi connectivity index (χ2v) is 2.30. The van der Waals surface area contributed by atoms with Gasteiger partial charge in [-0.3, -0.25) is 10.8 Å². The van der Waals surface area contributed by atoms with Gasteiger partial charge < -0.3 is 5.43 Å². The number of nitrogens with two attached hydrogens (primary N) is 1. The maximum absolute atomic E-state index is 5.75. The molecule has 1 aromatic rings. The number of pyridine rings is 1. The Hall–Kier alpha value is -0.800. The third-order valence-corrected chi connectivity index (χ3v) is 1.55. The smallest absolute Gasteiger partial charge is 0.0887 e. The average molecular weight is 158 g/mol. The highest BCUT2D eigenvalue weighted by atomic mass is 35.5. The molecule has 0 unspecified atom stereocenters. The first-order chi connectivity index (χ1) is 4.75. The Kier molecular flexibility index (Phi) is 2.09. The predicted molar refractivity (Wildman–Crippen MR) is 41.8 cm³/mol. The molecule has 1 aromatic heterocycles.